The summed E-state index contributed by atoms with van der Waals surface area (Å²) >= 11 is 0. The summed E-state index contributed by atoms with van der Waals surface area (Å²) in [6, 6.07) is 0. The van der Waals surface area contributed by atoms with Crippen LogP contribution in [0.4, 0.5) is 5.82 Å². The second-order valence-corrected chi connectivity index (χ2v) is 5.35. The fraction of sp³-hybridized carbons (Fsp3) is 0.714. The maximum Gasteiger partial charge on any atom is 0.159 e. The van der Waals surface area contributed by atoms with Crippen LogP contribution in [-0.2, 0) is 4.74 Å². The van der Waals surface area contributed by atoms with Gasteiger partial charge in [-0.3, -0.25) is 0 Å². The first-order valence-corrected chi connectivity index (χ1v) is 6.74. The van der Waals surface area contributed by atoms with Crippen LogP contribution < -0.4 is 5.32 Å². The van der Waals surface area contributed by atoms with Crippen molar-refractivity contribution in [1.82, 2.24) is 9.97 Å². The van der Waals surface area contributed by atoms with Gasteiger partial charge in [-0.2, -0.15) is 0 Å². The first-order valence-electron chi connectivity index (χ1n) is 6.74. The van der Waals surface area contributed by atoms with Crippen molar-refractivity contribution in [2.45, 2.75) is 58.7 Å². The highest BCUT2D eigenvalue weighted by Gasteiger charge is 2.27. The number of aryl methyl sites for hydroxylation is 1. The van der Waals surface area contributed by atoms with Gasteiger partial charge in [0.05, 0.1) is 6.10 Å². The van der Waals surface area contributed by atoms with Crippen LogP contribution in [0.25, 0.3) is 0 Å². The Kier molecular flexibility index (Phi) is 3.85. The van der Waals surface area contributed by atoms with Crippen LogP contribution >= 0.6 is 0 Å². The molecule has 0 aromatic carbocycles. The van der Waals surface area contributed by atoms with Crippen LogP contribution in [0.5, 0.6) is 0 Å². The highest BCUT2D eigenvalue weighted by atomic mass is 16.5. The van der Waals surface area contributed by atoms with E-state index >= 15 is 0 Å². The van der Waals surface area contributed by atoms with E-state index in [1.807, 2.05) is 7.05 Å². The summed E-state index contributed by atoms with van der Waals surface area (Å²) in [5.74, 6) is 2.19. The van der Waals surface area contributed by atoms with Gasteiger partial charge in [-0.15, -0.1) is 0 Å². The van der Waals surface area contributed by atoms with E-state index in [2.05, 4.69) is 43.0 Å². The van der Waals surface area contributed by atoms with Crippen LogP contribution in [0.3, 0.4) is 0 Å². The average molecular weight is 249 g/mol. The minimum atomic E-state index is 0.0620. The van der Waals surface area contributed by atoms with Gasteiger partial charge < -0.3 is 10.1 Å². The van der Waals surface area contributed by atoms with Crippen molar-refractivity contribution in [3.05, 3.63) is 17.1 Å². The molecular weight excluding hydrogens is 226 g/mol. The van der Waals surface area contributed by atoms with E-state index < -0.39 is 0 Å². The molecular formula is C14H23N3O. The summed E-state index contributed by atoms with van der Waals surface area (Å²) in [6.45, 7) is 8.49. The Bertz CT molecular complexity index is 431. The van der Waals surface area contributed by atoms with E-state index in [0.29, 0.717) is 12.0 Å². The van der Waals surface area contributed by atoms with E-state index in [9.17, 15) is 0 Å². The summed E-state index contributed by atoms with van der Waals surface area (Å²) < 4.78 is 5.85. The maximum absolute atomic E-state index is 5.85. The first-order chi connectivity index (χ1) is 8.52. The molecule has 4 heteroatoms. The molecule has 0 bridgehead atoms. The van der Waals surface area contributed by atoms with E-state index in [1.165, 1.54) is 5.56 Å². The smallest absolute Gasteiger partial charge is 0.159 e. The Labute approximate surface area is 109 Å². The quantitative estimate of drug-likeness (QED) is 0.893. The summed E-state index contributed by atoms with van der Waals surface area (Å²) in [5, 5.41) is 3.19. The number of nitrogens with zero attached hydrogens (tertiary/aromatic N) is 2. The lowest BCUT2D eigenvalue weighted by molar-refractivity contribution is 0.0502. The van der Waals surface area contributed by atoms with Gasteiger partial charge in [0.2, 0.25) is 0 Å². The summed E-state index contributed by atoms with van der Waals surface area (Å²) in [6.07, 6.45) is 2.49. The van der Waals surface area contributed by atoms with Gasteiger partial charge in [0.1, 0.15) is 11.9 Å². The van der Waals surface area contributed by atoms with Gasteiger partial charge in [-0.1, -0.05) is 13.8 Å². The summed E-state index contributed by atoms with van der Waals surface area (Å²) in [4.78, 5) is 9.29. The van der Waals surface area contributed by atoms with Gasteiger partial charge in [0, 0.05) is 18.3 Å². The van der Waals surface area contributed by atoms with E-state index in [0.717, 1.165) is 30.2 Å². The van der Waals surface area contributed by atoms with E-state index in [-0.39, 0.29) is 6.10 Å². The molecule has 2 rings (SSSR count). The number of hydrogen-bond acceptors (Lipinski definition) is 4. The zero-order valence-corrected chi connectivity index (χ0v) is 11.9. The molecule has 0 aliphatic carbocycles. The van der Waals surface area contributed by atoms with Crippen molar-refractivity contribution in [3.8, 4) is 0 Å². The van der Waals surface area contributed by atoms with Crippen molar-refractivity contribution in [1.29, 1.82) is 0 Å². The van der Waals surface area contributed by atoms with E-state index in [1.54, 1.807) is 0 Å². The molecule has 1 N–H and O–H groups in total. The zero-order chi connectivity index (χ0) is 13.3. The average Bonchev–Trinajstić information content (AvgIpc) is 2.74. The summed E-state index contributed by atoms with van der Waals surface area (Å²) in [5.41, 5.74) is 2.26. The van der Waals surface area contributed by atoms with Gasteiger partial charge in [-0.05, 0) is 32.6 Å². The second kappa shape index (κ2) is 5.22. The predicted octanol–water partition coefficient (Wildman–Crippen LogP) is 3.19. The molecule has 0 amide bonds. The molecule has 0 radical (unpaired) electrons. The molecule has 1 aliphatic rings. The van der Waals surface area contributed by atoms with Crippen LogP contribution in [0.2, 0.25) is 0 Å². The third-order valence-electron chi connectivity index (χ3n) is 3.49. The lowest BCUT2D eigenvalue weighted by atomic mass is 10.0. The molecule has 2 heterocycles. The number of ether oxygens (including phenoxy) is 1. The molecule has 1 aliphatic heterocycles. The number of nitrogens with one attached hydrogen (secondary N) is 1. The molecule has 2 unspecified atom stereocenters. The third-order valence-corrected chi connectivity index (χ3v) is 3.49. The highest BCUT2D eigenvalue weighted by Crippen LogP contribution is 2.33. The topological polar surface area (TPSA) is 47.0 Å². The van der Waals surface area contributed by atoms with E-state index in [4.69, 9.17) is 4.74 Å². The standard InChI is InChI=1S/C14H23N3O/c1-8(2)12-10(4)16-13(17-14(12)15-5)11-7-6-9(3)18-11/h8-9,11H,6-7H2,1-5H3,(H,15,16,17). The zero-order valence-electron chi connectivity index (χ0n) is 11.9. The Hall–Kier alpha value is -1.16. The molecule has 1 saturated heterocycles. The van der Waals surface area contributed by atoms with Gasteiger partial charge in [0.25, 0.3) is 0 Å². The molecule has 0 saturated carbocycles. The Morgan fingerprint density at radius 1 is 1.28 bits per heavy atom. The van der Waals surface area contributed by atoms with Gasteiger partial charge >= 0.3 is 0 Å². The monoisotopic (exact) mass is 249 g/mol. The van der Waals surface area contributed by atoms with Crippen molar-refractivity contribution in [2.24, 2.45) is 0 Å². The first kappa shape index (κ1) is 13.3. The van der Waals surface area contributed by atoms with Crippen molar-refractivity contribution in [2.75, 3.05) is 12.4 Å². The number of rotatable bonds is 3. The van der Waals surface area contributed by atoms with Gasteiger partial charge in [0.15, 0.2) is 5.82 Å². The predicted molar refractivity (Wildman–Crippen MR) is 72.9 cm³/mol. The summed E-state index contributed by atoms with van der Waals surface area (Å²) in [7, 11) is 1.91. The molecule has 1 fully saturated rings. The van der Waals surface area contributed by atoms with Crippen LogP contribution in [0, 0.1) is 6.92 Å². The number of aromatic nitrogens is 2. The minimum Gasteiger partial charge on any atom is -0.373 e. The molecule has 1 aromatic heterocycles. The van der Waals surface area contributed by atoms with Gasteiger partial charge in [-0.25, -0.2) is 9.97 Å². The molecule has 2 atom stereocenters. The molecule has 1 aromatic rings. The Morgan fingerprint density at radius 3 is 2.50 bits per heavy atom. The lowest BCUT2D eigenvalue weighted by Gasteiger charge is -2.18. The molecule has 100 valence electrons. The fourth-order valence-electron chi connectivity index (χ4n) is 2.62. The molecule has 4 nitrogen and oxygen atoms in total. The van der Waals surface area contributed by atoms with Crippen LogP contribution in [-0.4, -0.2) is 23.1 Å². The third kappa shape index (κ3) is 2.48. The van der Waals surface area contributed by atoms with Crippen LogP contribution in [0.1, 0.15) is 62.7 Å². The molecule has 18 heavy (non-hydrogen) atoms. The van der Waals surface area contributed by atoms with Crippen LogP contribution in [0.15, 0.2) is 0 Å². The van der Waals surface area contributed by atoms with Crippen molar-refractivity contribution in [3.63, 3.8) is 0 Å². The lowest BCUT2D eigenvalue weighted by Crippen LogP contribution is -2.12. The number of anilines is 1. The van der Waals surface area contributed by atoms with Crippen molar-refractivity contribution >= 4 is 5.82 Å². The Balaban J connectivity index is 2.36. The maximum atomic E-state index is 5.85. The Morgan fingerprint density at radius 2 is 2.00 bits per heavy atom. The normalized spacial score (nSPS) is 23.7. The molecule has 0 spiro atoms. The largest absolute Gasteiger partial charge is 0.373 e. The SMILES string of the molecule is CNc1nc(C2CCC(C)O2)nc(C)c1C(C)C. The fourth-order valence-corrected chi connectivity index (χ4v) is 2.62. The minimum absolute atomic E-state index is 0.0620. The van der Waals surface area contributed by atoms with Crippen molar-refractivity contribution < 1.29 is 4.74 Å². The second-order valence-electron chi connectivity index (χ2n) is 5.35. The highest BCUT2D eigenvalue weighted by molar-refractivity contribution is 5.48. The number of hydrogen-bond donors (Lipinski definition) is 1.